The van der Waals surface area contributed by atoms with E-state index >= 15 is 0 Å². The Morgan fingerprint density at radius 2 is 1.96 bits per heavy atom. The van der Waals surface area contributed by atoms with Crippen molar-refractivity contribution in [3.63, 3.8) is 0 Å². The highest BCUT2D eigenvalue weighted by Gasteiger charge is 2.24. The van der Waals surface area contributed by atoms with E-state index in [1.165, 1.54) is 18.2 Å². The highest BCUT2D eigenvalue weighted by atomic mass is 16.7. The summed E-state index contributed by atoms with van der Waals surface area (Å²) in [6.45, 7) is 1.74. The van der Waals surface area contributed by atoms with Crippen LogP contribution in [0.1, 0.15) is 24.1 Å². The predicted molar refractivity (Wildman–Crippen MR) is 95.8 cm³/mol. The number of nitrogens with zero attached hydrogens (tertiary/aromatic N) is 2. The van der Waals surface area contributed by atoms with E-state index in [0.29, 0.717) is 5.75 Å². The molecular weight excluding hydrogens is 350 g/mol. The molecule has 1 heterocycles. The van der Waals surface area contributed by atoms with E-state index in [1.54, 1.807) is 13.0 Å². The van der Waals surface area contributed by atoms with Gasteiger partial charge in [-0.3, -0.25) is 14.9 Å². The van der Waals surface area contributed by atoms with Crippen LogP contribution in [0.2, 0.25) is 0 Å². The standard InChI is InChI=1S/C19H15N3O5/c1-12(13-5-3-2-4-6-13)21-19(23)15(10-20)7-14-8-17-18(27-11-26-17)9-16(14)22(24)25/h2-9,12H,11H2,1H3,(H,21,23)/b15-7+/t12-/m1/s1. The molecule has 3 rings (SSSR count). The molecule has 0 aromatic heterocycles. The van der Waals surface area contributed by atoms with Crippen LogP contribution in [0.3, 0.4) is 0 Å². The maximum Gasteiger partial charge on any atom is 0.280 e. The molecular formula is C19H15N3O5. The molecule has 2 aromatic rings. The molecule has 8 nitrogen and oxygen atoms in total. The van der Waals surface area contributed by atoms with Crippen molar-refractivity contribution in [2.45, 2.75) is 13.0 Å². The summed E-state index contributed by atoms with van der Waals surface area (Å²) < 4.78 is 10.3. The van der Waals surface area contributed by atoms with Gasteiger partial charge < -0.3 is 14.8 Å². The van der Waals surface area contributed by atoms with Crippen molar-refractivity contribution in [2.75, 3.05) is 6.79 Å². The Balaban J connectivity index is 1.89. The molecule has 27 heavy (non-hydrogen) atoms. The zero-order chi connectivity index (χ0) is 19.4. The fourth-order valence-electron chi connectivity index (χ4n) is 2.62. The maximum absolute atomic E-state index is 12.4. The van der Waals surface area contributed by atoms with Gasteiger partial charge in [-0.1, -0.05) is 30.3 Å². The van der Waals surface area contributed by atoms with Crippen LogP contribution < -0.4 is 14.8 Å². The smallest absolute Gasteiger partial charge is 0.280 e. The van der Waals surface area contributed by atoms with Gasteiger partial charge in [-0.2, -0.15) is 5.26 Å². The van der Waals surface area contributed by atoms with Gasteiger partial charge in [-0.05, 0) is 24.6 Å². The van der Waals surface area contributed by atoms with E-state index < -0.39 is 10.8 Å². The van der Waals surface area contributed by atoms with E-state index in [4.69, 9.17) is 9.47 Å². The molecule has 2 aromatic carbocycles. The van der Waals surface area contributed by atoms with Crippen LogP contribution >= 0.6 is 0 Å². The van der Waals surface area contributed by atoms with Gasteiger partial charge in [0.25, 0.3) is 11.6 Å². The summed E-state index contributed by atoms with van der Waals surface area (Å²) in [5.74, 6) is -0.0532. The van der Waals surface area contributed by atoms with Crippen molar-refractivity contribution in [2.24, 2.45) is 0 Å². The normalized spacial score (nSPS) is 13.6. The number of hydrogen-bond acceptors (Lipinski definition) is 6. The monoisotopic (exact) mass is 365 g/mol. The number of nitriles is 1. The second kappa shape index (κ2) is 7.58. The average Bonchev–Trinajstić information content (AvgIpc) is 3.13. The molecule has 0 bridgehead atoms. The highest BCUT2D eigenvalue weighted by molar-refractivity contribution is 6.02. The number of carbonyl (C=O) groups excluding carboxylic acids is 1. The number of nitrogens with one attached hydrogen (secondary N) is 1. The van der Waals surface area contributed by atoms with E-state index in [1.807, 2.05) is 30.3 Å². The van der Waals surface area contributed by atoms with Gasteiger partial charge >= 0.3 is 0 Å². The lowest BCUT2D eigenvalue weighted by Gasteiger charge is -2.13. The van der Waals surface area contributed by atoms with Gasteiger partial charge in [-0.15, -0.1) is 0 Å². The first-order valence-corrected chi connectivity index (χ1v) is 8.05. The van der Waals surface area contributed by atoms with E-state index in [9.17, 15) is 20.2 Å². The lowest BCUT2D eigenvalue weighted by atomic mass is 10.1. The summed E-state index contributed by atoms with van der Waals surface area (Å²) in [6.07, 6.45) is 1.17. The van der Waals surface area contributed by atoms with Gasteiger partial charge in [0.2, 0.25) is 6.79 Å². The van der Waals surface area contributed by atoms with Crippen molar-refractivity contribution in [3.05, 3.63) is 69.3 Å². The van der Waals surface area contributed by atoms with Gasteiger partial charge in [0, 0.05) is 0 Å². The third-order valence-corrected chi connectivity index (χ3v) is 4.03. The summed E-state index contributed by atoms with van der Waals surface area (Å²) in [4.78, 5) is 23.2. The molecule has 0 spiro atoms. The minimum Gasteiger partial charge on any atom is -0.454 e. The second-order valence-corrected chi connectivity index (χ2v) is 5.80. The number of ether oxygens (including phenoxy) is 2. The molecule has 1 aliphatic rings. The highest BCUT2D eigenvalue weighted by Crippen LogP contribution is 2.38. The minimum absolute atomic E-state index is 0.0418. The molecule has 0 radical (unpaired) electrons. The minimum atomic E-state index is -0.624. The maximum atomic E-state index is 12.4. The number of fused-ring (bicyclic) bond motifs is 1. The molecule has 1 aliphatic heterocycles. The molecule has 0 fully saturated rings. The molecule has 0 aliphatic carbocycles. The number of carbonyl (C=O) groups is 1. The topological polar surface area (TPSA) is 114 Å². The molecule has 1 N–H and O–H groups in total. The van der Waals surface area contributed by atoms with E-state index in [-0.39, 0.29) is 35.4 Å². The predicted octanol–water partition coefficient (Wildman–Crippen LogP) is 3.11. The quantitative estimate of drug-likeness (QED) is 0.377. The van der Waals surface area contributed by atoms with E-state index in [2.05, 4.69) is 5.32 Å². The van der Waals surface area contributed by atoms with Gasteiger partial charge in [0.05, 0.1) is 22.6 Å². The summed E-state index contributed by atoms with van der Waals surface area (Å²) in [6, 6.07) is 13.3. The van der Waals surface area contributed by atoms with Gasteiger partial charge in [0.1, 0.15) is 11.6 Å². The Hall–Kier alpha value is -3.86. The third-order valence-electron chi connectivity index (χ3n) is 4.03. The van der Waals surface area contributed by atoms with Gasteiger partial charge in [0.15, 0.2) is 11.5 Å². The summed E-state index contributed by atoms with van der Waals surface area (Å²) in [7, 11) is 0. The fraction of sp³-hybridized carbons (Fsp3) is 0.158. The van der Waals surface area contributed by atoms with E-state index in [0.717, 1.165) is 5.56 Å². The molecule has 1 amide bonds. The Kier molecular flexibility index (Phi) is 5.04. The van der Waals surface area contributed by atoms with Crippen LogP contribution in [0.25, 0.3) is 6.08 Å². The lowest BCUT2D eigenvalue weighted by Crippen LogP contribution is -2.27. The third kappa shape index (κ3) is 3.88. The first kappa shape index (κ1) is 17.9. The van der Waals surface area contributed by atoms with Crippen molar-refractivity contribution in [1.82, 2.24) is 5.32 Å². The lowest BCUT2D eigenvalue weighted by molar-refractivity contribution is -0.385. The number of rotatable bonds is 5. The Bertz CT molecular complexity index is 963. The number of hydrogen-bond donors (Lipinski definition) is 1. The van der Waals surface area contributed by atoms with Crippen LogP contribution in [-0.2, 0) is 4.79 Å². The summed E-state index contributed by atoms with van der Waals surface area (Å²) >= 11 is 0. The molecule has 136 valence electrons. The van der Waals surface area contributed by atoms with Crippen LogP contribution in [0.5, 0.6) is 11.5 Å². The zero-order valence-corrected chi connectivity index (χ0v) is 14.3. The van der Waals surface area contributed by atoms with Crippen molar-refractivity contribution < 1.29 is 19.2 Å². The largest absolute Gasteiger partial charge is 0.454 e. The SMILES string of the molecule is C[C@@H](NC(=O)/C(C#N)=C/c1cc2c(cc1[N+](=O)[O-])OCO2)c1ccccc1. The van der Waals surface area contributed by atoms with Crippen molar-refractivity contribution in [1.29, 1.82) is 5.26 Å². The Labute approximate surface area is 154 Å². The number of amides is 1. The Morgan fingerprint density at radius 1 is 1.30 bits per heavy atom. The zero-order valence-electron chi connectivity index (χ0n) is 14.3. The molecule has 1 atom stereocenters. The van der Waals surface area contributed by atoms with Crippen LogP contribution in [0.4, 0.5) is 5.69 Å². The number of nitro groups is 1. The first-order chi connectivity index (χ1) is 13.0. The number of benzene rings is 2. The summed E-state index contributed by atoms with van der Waals surface area (Å²) in [5, 5.41) is 23.4. The fourth-order valence-corrected chi connectivity index (χ4v) is 2.62. The van der Waals surface area contributed by atoms with Crippen molar-refractivity contribution in [3.8, 4) is 17.6 Å². The van der Waals surface area contributed by atoms with Crippen LogP contribution in [0.15, 0.2) is 48.0 Å². The molecule has 0 saturated carbocycles. The molecule has 8 heteroatoms. The Morgan fingerprint density at radius 3 is 2.59 bits per heavy atom. The first-order valence-electron chi connectivity index (χ1n) is 8.05. The van der Waals surface area contributed by atoms with Gasteiger partial charge in [-0.25, -0.2) is 0 Å². The van der Waals surface area contributed by atoms with Crippen molar-refractivity contribution >= 4 is 17.7 Å². The second-order valence-electron chi connectivity index (χ2n) is 5.80. The molecule has 0 unspecified atom stereocenters. The van der Waals surface area contributed by atoms with Crippen LogP contribution in [0, 0.1) is 21.4 Å². The summed E-state index contributed by atoms with van der Waals surface area (Å²) in [5.41, 5.74) is 0.427. The van der Waals surface area contributed by atoms with Crippen LogP contribution in [-0.4, -0.2) is 17.6 Å². The number of nitro benzene ring substituents is 1. The average molecular weight is 365 g/mol. The molecule has 0 saturated heterocycles.